The van der Waals surface area contributed by atoms with Gasteiger partial charge in [0, 0.05) is 18.0 Å². The van der Waals surface area contributed by atoms with E-state index in [9.17, 15) is 18.0 Å². The number of fused-ring (bicyclic) bond motifs is 1. The van der Waals surface area contributed by atoms with Gasteiger partial charge in [0.25, 0.3) is 5.91 Å². The Labute approximate surface area is 155 Å². The molecular weight excluding hydrogens is 373 g/mol. The third kappa shape index (κ3) is 3.39. The number of anilines is 1. The Hall–Kier alpha value is -3.82. The number of amides is 1. The Balaban J connectivity index is 1.70. The van der Waals surface area contributed by atoms with Crippen LogP contribution in [0.5, 0.6) is 0 Å². The number of halogens is 3. The minimum Gasteiger partial charge on any atom is -0.304 e. The number of carbonyl (C=O) groups excluding carboxylic acids is 1. The summed E-state index contributed by atoms with van der Waals surface area (Å²) in [5, 5.41) is 6.83. The highest BCUT2D eigenvalue weighted by molar-refractivity contribution is 6.02. The fourth-order valence-electron chi connectivity index (χ4n) is 2.59. The van der Waals surface area contributed by atoms with Gasteiger partial charge < -0.3 is 5.32 Å². The van der Waals surface area contributed by atoms with Crippen LogP contribution in [0, 0.1) is 0 Å². The molecule has 1 amide bonds. The molecule has 0 saturated heterocycles. The van der Waals surface area contributed by atoms with Gasteiger partial charge in [0.1, 0.15) is 5.69 Å². The number of hydrogen-bond acceptors (Lipinski definition) is 5. The molecule has 0 spiro atoms. The normalized spacial score (nSPS) is 11.5. The van der Waals surface area contributed by atoms with E-state index in [1.165, 1.54) is 47.5 Å². The third-order valence-corrected chi connectivity index (χ3v) is 3.89. The van der Waals surface area contributed by atoms with Gasteiger partial charge in [-0.2, -0.15) is 13.2 Å². The molecule has 0 bridgehead atoms. The summed E-state index contributed by atoms with van der Waals surface area (Å²) in [4.78, 5) is 24.1. The van der Waals surface area contributed by atoms with E-state index in [0.29, 0.717) is 16.9 Å². The molecule has 0 atom stereocenters. The molecule has 4 aromatic rings. The van der Waals surface area contributed by atoms with Crippen molar-refractivity contribution >= 4 is 17.4 Å². The molecule has 1 aromatic carbocycles. The zero-order valence-electron chi connectivity index (χ0n) is 14.1. The third-order valence-electron chi connectivity index (χ3n) is 3.89. The molecule has 3 aromatic heterocycles. The number of alkyl halides is 3. The molecule has 140 valence electrons. The molecule has 10 heteroatoms. The van der Waals surface area contributed by atoms with Gasteiger partial charge in [-0.05, 0) is 24.3 Å². The maximum Gasteiger partial charge on any atom is 0.416 e. The Kier molecular flexibility index (Phi) is 4.22. The molecule has 0 aliphatic carbocycles. The summed E-state index contributed by atoms with van der Waals surface area (Å²) >= 11 is 0. The Morgan fingerprint density at radius 3 is 2.64 bits per heavy atom. The van der Waals surface area contributed by atoms with E-state index in [1.54, 1.807) is 6.07 Å². The maximum absolute atomic E-state index is 13.0. The second kappa shape index (κ2) is 6.72. The zero-order chi connectivity index (χ0) is 19.7. The van der Waals surface area contributed by atoms with Crippen molar-refractivity contribution in [3.05, 3.63) is 72.4 Å². The lowest BCUT2D eigenvalue weighted by atomic mass is 10.1. The first-order valence-corrected chi connectivity index (χ1v) is 8.01. The molecule has 0 aliphatic heterocycles. The van der Waals surface area contributed by atoms with Gasteiger partial charge in [-0.25, -0.2) is 14.5 Å². The fraction of sp³-hybridized carbons (Fsp3) is 0.0556. The van der Waals surface area contributed by atoms with Gasteiger partial charge in [-0.1, -0.05) is 12.1 Å². The van der Waals surface area contributed by atoms with Crippen LogP contribution in [0.1, 0.15) is 16.1 Å². The summed E-state index contributed by atoms with van der Waals surface area (Å²) < 4.78 is 40.3. The van der Waals surface area contributed by atoms with Crippen LogP contribution in [-0.4, -0.2) is 30.5 Å². The summed E-state index contributed by atoms with van der Waals surface area (Å²) in [5.41, 5.74) is 0.411. The highest BCUT2D eigenvalue weighted by atomic mass is 19.4. The lowest BCUT2D eigenvalue weighted by Crippen LogP contribution is -2.15. The van der Waals surface area contributed by atoms with Gasteiger partial charge >= 0.3 is 6.18 Å². The van der Waals surface area contributed by atoms with Crippen molar-refractivity contribution in [2.24, 2.45) is 0 Å². The average Bonchev–Trinajstić information content (AvgIpc) is 3.11. The molecule has 0 radical (unpaired) electrons. The molecule has 0 saturated carbocycles. The summed E-state index contributed by atoms with van der Waals surface area (Å²) in [5.74, 6) is -0.324. The quantitative estimate of drug-likeness (QED) is 0.585. The lowest BCUT2D eigenvalue weighted by Gasteiger charge is -2.09. The maximum atomic E-state index is 13.0. The van der Waals surface area contributed by atoms with Crippen LogP contribution in [-0.2, 0) is 6.18 Å². The van der Waals surface area contributed by atoms with E-state index >= 15 is 0 Å². The molecule has 7 nitrogen and oxygen atoms in total. The Morgan fingerprint density at radius 2 is 1.89 bits per heavy atom. The predicted octanol–water partition coefficient (Wildman–Crippen LogP) is 3.46. The molecule has 0 unspecified atom stereocenters. The van der Waals surface area contributed by atoms with E-state index in [2.05, 4.69) is 25.4 Å². The topological polar surface area (TPSA) is 85.1 Å². The molecule has 0 aliphatic rings. The van der Waals surface area contributed by atoms with Crippen LogP contribution >= 0.6 is 0 Å². The Bertz CT molecular complexity index is 1160. The van der Waals surface area contributed by atoms with Crippen LogP contribution in [0.15, 0.2) is 61.2 Å². The average molecular weight is 384 g/mol. The van der Waals surface area contributed by atoms with Crippen molar-refractivity contribution in [2.75, 3.05) is 5.32 Å². The SMILES string of the molecule is O=C(Nc1ccc2ncc(-c3cccc(C(F)(F)F)c3)n2n1)c1cnccn1. The number of nitrogens with zero attached hydrogens (tertiary/aromatic N) is 5. The summed E-state index contributed by atoms with van der Waals surface area (Å²) in [7, 11) is 0. The van der Waals surface area contributed by atoms with Crippen LogP contribution in [0.3, 0.4) is 0 Å². The van der Waals surface area contributed by atoms with E-state index in [1.807, 2.05) is 0 Å². The molecule has 0 fully saturated rings. The summed E-state index contributed by atoms with van der Waals surface area (Å²) in [6.45, 7) is 0. The van der Waals surface area contributed by atoms with E-state index in [0.717, 1.165) is 12.1 Å². The van der Waals surface area contributed by atoms with Crippen LogP contribution in [0.4, 0.5) is 19.0 Å². The number of rotatable bonds is 3. The monoisotopic (exact) mass is 384 g/mol. The zero-order valence-corrected chi connectivity index (χ0v) is 14.1. The summed E-state index contributed by atoms with van der Waals surface area (Å²) in [6, 6.07) is 7.99. The van der Waals surface area contributed by atoms with Crippen molar-refractivity contribution in [1.29, 1.82) is 0 Å². The lowest BCUT2D eigenvalue weighted by molar-refractivity contribution is -0.137. The first-order valence-electron chi connectivity index (χ1n) is 8.01. The van der Waals surface area contributed by atoms with Crippen molar-refractivity contribution in [3.63, 3.8) is 0 Å². The van der Waals surface area contributed by atoms with E-state index in [-0.39, 0.29) is 11.5 Å². The number of benzene rings is 1. The van der Waals surface area contributed by atoms with Gasteiger partial charge in [0.05, 0.1) is 23.7 Å². The number of nitrogens with one attached hydrogen (secondary N) is 1. The van der Waals surface area contributed by atoms with Crippen LogP contribution in [0.2, 0.25) is 0 Å². The highest BCUT2D eigenvalue weighted by Gasteiger charge is 2.30. The first kappa shape index (κ1) is 17.6. The van der Waals surface area contributed by atoms with Crippen molar-refractivity contribution < 1.29 is 18.0 Å². The summed E-state index contributed by atoms with van der Waals surface area (Å²) in [6.07, 6.45) is 1.09. The molecule has 28 heavy (non-hydrogen) atoms. The standard InChI is InChI=1S/C18H11F3N6O/c19-18(20,21)12-3-1-2-11(8-12)14-10-24-16-5-4-15(26-27(14)16)25-17(28)13-9-22-6-7-23-13/h1-10H,(H,25,26,28). The Morgan fingerprint density at radius 1 is 1.04 bits per heavy atom. The molecule has 1 N–H and O–H groups in total. The number of imidazole rings is 1. The van der Waals surface area contributed by atoms with Crippen molar-refractivity contribution in [1.82, 2.24) is 24.6 Å². The highest BCUT2D eigenvalue weighted by Crippen LogP contribution is 2.32. The van der Waals surface area contributed by atoms with Gasteiger partial charge in [-0.15, -0.1) is 5.10 Å². The van der Waals surface area contributed by atoms with Gasteiger partial charge in [0.2, 0.25) is 0 Å². The number of carbonyl (C=O) groups is 1. The van der Waals surface area contributed by atoms with Crippen molar-refractivity contribution in [3.8, 4) is 11.3 Å². The largest absolute Gasteiger partial charge is 0.416 e. The van der Waals surface area contributed by atoms with Gasteiger partial charge in [-0.3, -0.25) is 9.78 Å². The van der Waals surface area contributed by atoms with Gasteiger partial charge in [0.15, 0.2) is 11.5 Å². The molecule has 3 heterocycles. The van der Waals surface area contributed by atoms with Crippen molar-refractivity contribution in [2.45, 2.75) is 6.18 Å². The minimum atomic E-state index is -4.46. The van der Waals surface area contributed by atoms with Crippen LogP contribution < -0.4 is 5.32 Å². The molecular formula is C18H11F3N6O. The smallest absolute Gasteiger partial charge is 0.304 e. The second-order valence-electron chi connectivity index (χ2n) is 5.76. The number of aromatic nitrogens is 5. The second-order valence-corrected chi connectivity index (χ2v) is 5.76. The minimum absolute atomic E-state index is 0.105. The first-order chi connectivity index (χ1) is 13.4. The molecule has 4 rings (SSSR count). The predicted molar refractivity (Wildman–Crippen MR) is 93.4 cm³/mol. The number of hydrogen-bond donors (Lipinski definition) is 1. The fourth-order valence-corrected chi connectivity index (χ4v) is 2.59. The van der Waals surface area contributed by atoms with Crippen LogP contribution in [0.25, 0.3) is 16.9 Å². The van der Waals surface area contributed by atoms with E-state index in [4.69, 9.17) is 0 Å². The van der Waals surface area contributed by atoms with E-state index < -0.39 is 17.6 Å².